The van der Waals surface area contributed by atoms with Crippen LogP contribution in [0.1, 0.15) is 30.0 Å². The first-order chi connectivity index (χ1) is 12.9. The van der Waals surface area contributed by atoms with E-state index in [1.807, 2.05) is 10.7 Å². The predicted octanol–water partition coefficient (Wildman–Crippen LogP) is 2.02. The zero-order valence-electron chi connectivity index (χ0n) is 14.7. The van der Waals surface area contributed by atoms with Crippen LogP contribution in [-0.4, -0.2) is 45.8 Å². The van der Waals surface area contributed by atoms with Crippen LogP contribution in [0.15, 0.2) is 36.8 Å². The average molecular weight is 349 g/mol. The van der Waals surface area contributed by atoms with Gasteiger partial charge in [0.1, 0.15) is 17.7 Å². The smallest absolute Gasteiger partial charge is 0.154 e. The van der Waals surface area contributed by atoms with Gasteiger partial charge in [0.15, 0.2) is 5.82 Å². The van der Waals surface area contributed by atoms with E-state index in [4.69, 9.17) is 4.98 Å². The summed E-state index contributed by atoms with van der Waals surface area (Å²) in [6.07, 6.45) is 6.17. The molecule has 26 heavy (non-hydrogen) atoms. The van der Waals surface area contributed by atoms with E-state index in [2.05, 4.69) is 49.9 Å². The molecule has 4 heterocycles. The lowest BCUT2D eigenvalue weighted by Crippen LogP contribution is -2.43. The standard InChI is InChI=1S/C19H23N7/c1-2-15(24-17(3-1)25-10-7-20-8-11-25)12-21-19-18-16(14-4-5-14)6-9-26(18)23-13-22-19/h1-3,6,9,13-14,20H,4-5,7-8,10-12H2,(H,21,22,23). The van der Waals surface area contributed by atoms with Crippen LogP contribution >= 0.6 is 0 Å². The number of fused-ring (bicyclic) bond motifs is 1. The van der Waals surface area contributed by atoms with Crippen molar-refractivity contribution < 1.29 is 0 Å². The van der Waals surface area contributed by atoms with Crippen LogP contribution in [0.25, 0.3) is 5.52 Å². The van der Waals surface area contributed by atoms with Gasteiger partial charge in [-0.1, -0.05) is 6.07 Å². The molecule has 5 rings (SSSR count). The molecule has 0 atom stereocenters. The lowest BCUT2D eigenvalue weighted by molar-refractivity contribution is 0.584. The minimum Gasteiger partial charge on any atom is -0.363 e. The molecule has 2 N–H and O–H groups in total. The van der Waals surface area contributed by atoms with Gasteiger partial charge in [-0.05, 0) is 42.5 Å². The molecule has 0 spiro atoms. The second kappa shape index (κ2) is 6.57. The molecule has 1 aliphatic heterocycles. The number of piperazine rings is 1. The Bertz CT molecular complexity index is 909. The van der Waals surface area contributed by atoms with E-state index in [9.17, 15) is 0 Å². The summed E-state index contributed by atoms with van der Waals surface area (Å²) in [7, 11) is 0. The summed E-state index contributed by atoms with van der Waals surface area (Å²) >= 11 is 0. The number of anilines is 2. The van der Waals surface area contributed by atoms with E-state index in [1.54, 1.807) is 6.33 Å². The molecule has 7 nitrogen and oxygen atoms in total. The summed E-state index contributed by atoms with van der Waals surface area (Å²) in [6, 6.07) is 8.42. The zero-order chi connectivity index (χ0) is 17.3. The zero-order valence-corrected chi connectivity index (χ0v) is 14.7. The van der Waals surface area contributed by atoms with Gasteiger partial charge in [-0.15, -0.1) is 0 Å². The highest BCUT2D eigenvalue weighted by molar-refractivity contribution is 5.73. The molecule has 0 unspecified atom stereocenters. The second-order valence-electron chi connectivity index (χ2n) is 7.02. The van der Waals surface area contributed by atoms with Gasteiger partial charge in [0.25, 0.3) is 0 Å². The van der Waals surface area contributed by atoms with Crippen LogP contribution in [0.5, 0.6) is 0 Å². The lowest BCUT2D eigenvalue weighted by atomic mass is 10.2. The molecule has 1 saturated carbocycles. The maximum Gasteiger partial charge on any atom is 0.154 e. The summed E-state index contributed by atoms with van der Waals surface area (Å²) in [6.45, 7) is 4.70. The van der Waals surface area contributed by atoms with Gasteiger partial charge in [-0.3, -0.25) is 0 Å². The van der Waals surface area contributed by atoms with Crippen molar-refractivity contribution >= 4 is 17.2 Å². The Hall–Kier alpha value is -2.67. The second-order valence-corrected chi connectivity index (χ2v) is 7.02. The molecule has 0 amide bonds. The predicted molar refractivity (Wildman–Crippen MR) is 102 cm³/mol. The van der Waals surface area contributed by atoms with Crippen molar-refractivity contribution in [3.8, 4) is 0 Å². The first-order valence-corrected chi connectivity index (χ1v) is 9.36. The molecule has 0 aromatic carbocycles. The first-order valence-electron chi connectivity index (χ1n) is 9.36. The average Bonchev–Trinajstić information content (AvgIpc) is 3.46. The summed E-state index contributed by atoms with van der Waals surface area (Å²) < 4.78 is 1.92. The SMILES string of the molecule is c1cc(CNc2ncnn3ccc(C4CC4)c23)nc(N2CCNCC2)c1. The molecule has 3 aromatic rings. The summed E-state index contributed by atoms with van der Waals surface area (Å²) in [5.74, 6) is 2.61. The fourth-order valence-electron chi connectivity index (χ4n) is 3.64. The molecule has 1 saturated heterocycles. The number of nitrogens with zero attached hydrogens (tertiary/aromatic N) is 5. The number of rotatable bonds is 5. The molecule has 2 aliphatic rings. The molecule has 0 bridgehead atoms. The highest BCUT2D eigenvalue weighted by atomic mass is 15.3. The Morgan fingerprint density at radius 1 is 1.15 bits per heavy atom. The number of hydrogen-bond donors (Lipinski definition) is 2. The summed E-state index contributed by atoms with van der Waals surface area (Å²) in [5, 5.41) is 11.2. The van der Waals surface area contributed by atoms with Gasteiger partial charge in [0.2, 0.25) is 0 Å². The Morgan fingerprint density at radius 3 is 2.88 bits per heavy atom. The van der Waals surface area contributed by atoms with Crippen molar-refractivity contribution in [3.63, 3.8) is 0 Å². The van der Waals surface area contributed by atoms with Gasteiger partial charge in [0.05, 0.1) is 12.2 Å². The van der Waals surface area contributed by atoms with Crippen LogP contribution in [0, 0.1) is 0 Å². The minimum absolute atomic E-state index is 0.655. The Labute approximate surface area is 152 Å². The monoisotopic (exact) mass is 349 g/mol. The fourth-order valence-corrected chi connectivity index (χ4v) is 3.64. The van der Waals surface area contributed by atoms with Crippen LogP contribution in [0.3, 0.4) is 0 Å². The topological polar surface area (TPSA) is 70.4 Å². The Balaban J connectivity index is 1.36. The fraction of sp³-hybridized carbons (Fsp3) is 0.421. The van der Waals surface area contributed by atoms with Crippen LogP contribution in [-0.2, 0) is 6.54 Å². The van der Waals surface area contributed by atoms with E-state index in [0.717, 1.165) is 49.0 Å². The minimum atomic E-state index is 0.655. The molecular formula is C19H23N7. The van der Waals surface area contributed by atoms with E-state index in [1.165, 1.54) is 18.4 Å². The van der Waals surface area contributed by atoms with Gasteiger partial charge < -0.3 is 15.5 Å². The van der Waals surface area contributed by atoms with Crippen molar-refractivity contribution in [1.82, 2.24) is 24.9 Å². The largest absolute Gasteiger partial charge is 0.363 e. The van der Waals surface area contributed by atoms with Crippen molar-refractivity contribution in [3.05, 3.63) is 48.0 Å². The van der Waals surface area contributed by atoms with E-state index in [0.29, 0.717) is 12.5 Å². The number of nitrogens with one attached hydrogen (secondary N) is 2. The van der Waals surface area contributed by atoms with Crippen molar-refractivity contribution in [2.75, 3.05) is 36.4 Å². The third-order valence-electron chi connectivity index (χ3n) is 5.17. The van der Waals surface area contributed by atoms with Crippen molar-refractivity contribution in [2.45, 2.75) is 25.3 Å². The quantitative estimate of drug-likeness (QED) is 0.734. The number of aromatic nitrogens is 4. The molecule has 2 fully saturated rings. The Kier molecular flexibility index (Phi) is 3.93. The van der Waals surface area contributed by atoms with E-state index < -0.39 is 0 Å². The third kappa shape index (κ3) is 2.99. The maximum atomic E-state index is 4.83. The van der Waals surface area contributed by atoms with Gasteiger partial charge in [0, 0.05) is 32.4 Å². The van der Waals surface area contributed by atoms with E-state index in [-0.39, 0.29) is 0 Å². The third-order valence-corrected chi connectivity index (χ3v) is 5.17. The number of hydrogen-bond acceptors (Lipinski definition) is 6. The molecule has 0 radical (unpaired) electrons. The van der Waals surface area contributed by atoms with Gasteiger partial charge in [-0.25, -0.2) is 14.5 Å². The van der Waals surface area contributed by atoms with Crippen LogP contribution in [0.4, 0.5) is 11.6 Å². The highest BCUT2D eigenvalue weighted by Crippen LogP contribution is 2.43. The molecule has 1 aliphatic carbocycles. The maximum absolute atomic E-state index is 4.83. The normalized spacial score (nSPS) is 17.6. The van der Waals surface area contributed by atoms with Crippen LogP contribution in [0.2, 0.25) is 0 Å². The van der Waals surface area contributed by atoms with Gasteiger partial charge >= 0.3 is 0 Å². The van der Waals surface area contributed by atoms with Crippen LogP contribution < -0.4 is 15.5 Å². The van der Waals surface area contributed by atoms with Crippen molar-refractivity contribution in [2.24, 2.45) is 0 Å². The van der Waals surface area contributed by atoms with Gasteiger partial charge in [-0.2, -0.15) is 5.10 Å². The molecule has 3 aromatic heterocycles. The molecule has 134 valence electrons. The summed E-state index contributed by atoms with van der Waals surface area (Å²) in [5.41, 5.74) is 3.49. The number of pyridine rings is 1. The lowest BCUT2D eigenvalue weighted by Gasteiger charge is -2.28. The molecular weight excluding hydrogens is 326 g/mol. The van der Waals surface area contributed by atoms with E-state index >= 15 is 0 Å². The first kappa shape index (κ1) is 15.6. The van der Waals surface area contributed by atoms with Crippen molar-refractivity contribution in [1.29, 1.82) is 0 Å². The highest BCUT2D eigenvalue weighted by Gasteiger charge is 2.27. The summed E-state index contributed by atoms with van der Waals surface area (Å²) in [4.78, 5) is 11.7. The molecule has 7 heteroatoms. The Morgan fingerprint density at radius 2 is 2.04 bits per heavy atom.